The predicted octanol–water partition coefficient (Wildman–Crippen LogP) is 2.99. The molecule has 0 amide bonds. The van der Waals surface area contributed by atoms with Gasteiger partial charge in [0, 0.05) is 35.8 Å². The second-order valence-electron chi connectivity index (χ2n) is 6.25. The minimum Gasteiger partial charge on any atom is -0.387 e. The molecule has 2 atom stereocenters. The Balaban J connectivity index is 1.80. The molecule has 0 aliphatic carbocycles. The Labute approximate surface area is 156 Å². The quantitative estimate of drug-likeness (QED) is 0.748. The van der Waals surface area contributed by atoms with Gasteiger partial charge >= 0.3 is 0 Å². The molecule has 26 heavy (non-hydrogen) atoms. The van der Waals surface area contributed by atoms with E-state index in [1.165, 1.54) is 4.31 Å². The number of aromatic nitrogens is 1. The van der Waals surface area contributed by atoms with Crippen LogP contribution in [0.15, 0.2) is 71.2 Å². The lowest BCUT2D eigenvalue weighted by atomic mass is 9.98. The first-order chi connectivity index (χ1) is 12.6. The third kappa shape index (κ3) is 3.07. The van der Waals surface area contributed by atoms with E-state index in [1.807, 2.05) is 23.6 Å². The van der Waals surface area contributed by atoms with Crippen LogP contribution in [0.2, 0.25) is 0 Å². The number of hydrogen-bond acceptors (Lipinski definition) is 5. The van der Waals surface area contributed by atoms with Crippen LogP contribution >= 0.6 is 11.3 Å². The van der Waals surface area contributed by atoms with Gasteiger partial charge in [-0.1, -0.05) is 30.3 Å². The van der Waals surface area contributed by atoms with Crippen LogP contribution in [0.25, 0.3) is 0 Å². The van der Waals surface area contributed by atoms with Crippen LogP contribution in [0.5, 0.6) is 0 Å². The predicted molar refractivity (Wildman–Crippen MR) is 100 cm³/mol. The Kier molecular flexibility index (Phi) is 4.62. The summed E-state index contributed by atoms with van der Waals surface area (Å²) in [5, 5.41) is 12.9. The van der Waals surface area contributed by atoms with Gasteiger partial charge in [0.05, 0.1) is 17.0 Å². The Bertz CT molecular complexity index is 989. The smallest absolute Gasteiger partial charge is 0.244 e. The largest absolute Gasteiger partial charge is 0.387 e. The summed E-state index contributed by atoms with van der Waals surface area (Å²) in [6.45, 7) is 0.178. The summed E-state index contributed by atoms with van der Waals surface area (Å²) >= 11 is 1.56. The lowest BCUT2D eigenvalue weighted by Crippen LogP contribution is -2.48. The molecule has 4 rings (SSSR count). The minimum atomic E-state index is -3.72. The molecule has 2 aromatic heterocycles. The maximum Gasteiger partial charge on any atom is 0.244 e. The number of rotatable bonds is 4. The van der Waals surface area contributed by atoms with Crippen molar-refractivity contribution in [3.63, 3.8) is 0 Å². The van der Waals surface area contributed by atoms with Crippen LogP contribution in [0.4, 0.5) is 0 Å². The summed E-state index contributed by atoms with van der Waals surface area (Å²) in [4.78, 5) is 5.30. The molecule has 1 aromatic carbocycles. The van der Waals surface area contributed by atoms with E-state index in [0.717, 1.165) is 10.4 Å². The van der Waals surface area contributed by atoms with E-state index in [2.05, 4.69) is 4.98 Å². The lowest BCUT2D eigenvalue weighted by molar-refractivity contribution is 0.0773. The number of benzene rings is 1. The lowest BCUT2D eigenvalue weighted by Gasteiger charge is -2.39. The number of nitrogens with zero attached hydrogens (tertiary/aromatic N) is 2. The van der Waals surface area contributed by atoms with E-state index in [9.17, 15) is 13.5 Å². The SMILES string of the molecule is O=S1(=O)c2ccccc2[C@@H](O)[C@H](Cc2cccs2)N1Cc1cccnc1. The molecule has 0 bridgehead atoms. The van der Waals surface area contributed by atoms with Gasteiger partial charge < -0.3 is 5.11 Å². The number of fused-ring (bicyclic) bond motifs is 1. The average molecular weight is 386 g/mol. The third-order valence-corrected chi connectivity index (χ3v) is 7.45. The van der Waals surface area contributed by atoms with Gasteiger partial charge in [0.1, 0.15) is 0 Å². The molecule has 0 saturated heterocycles. The number of aliphatic hydroxyl groups is 1. The summed E-state index contributed by atoms with van der Waals surface area (Å²) in [5.74, 6) is 0. The Morgan fingerprint density at radius 3 is 2.69 bits per heavy atom. The van der Waals surface area contributed by atoms with Crippen molar-refractivity contribution in [2.45, 2.75) is 30.0 Å². The zero-order chi connectivity index (χ0) is 18.1. The number of pyridine rings is 1. The number of thiophene rings is 1. The van der Waals surface area contributed by atoms with Crippen LogP contribution in [0, 0.1) is 0 Å². The minimum absolute atomic E-state index is 0.178. The molecular formula is C19H18N2O3S2. The Hall–Kier alpha value is -2.06. The Morgan fingerprint density at radius 1 is 1.12 bits per heavy atom. The number of aliphatic hydroxyl groups excluding tert-OH is 1. The summed E-state index contributed by atoms with van der Waals surface area (Å²) in [7, 11) is -3.72. The normalized spacial score (nSPS) is 22.0. The first-order valence-corrected chi connectivity index (χ1v) is 10.6. The van der Waals surface area contributed by atoms with E-state index in [1.54, 1.807) is 54.1 Å². The maximum atomic E-state index is 13.3. The summed E-state index contributed by atoms with van der Waals surface area (Å²) in [6, 6.07) is 13.7. The van der Waals surface area contributed by atoms with Gasteiger partial charge in [-0.05, 0) is 29.1 Å². The van der Waals surface area contributed by atoms with Crippen LogP contribution in [-0.4, -0.2) is 28.9 Å². The zero-order valence-corrected chi connectivity index (χ0v) is 15.5. The van der Waals surface area contributed by atoms with E-state index in [4.69, 9.17) is 0 Å². The highest BCUT2D eigenvalue weighted by Crippen LogP contribution is 2.39. The van der Waals surface area contributed by atoms with Crippen molar-refractivity contribution >= 4 is 21.4 Å². The van der Waals surface area contributed by atoms with Crippen LogP contribution < -0.4 is 0 Å². The van der Waals surface area contributed by atoms with Crippen LogP contribution in [0.3, 0.4) is 0 Å². The van der Waals surface area contributed by atoms with Crippen molar-refractivity contribution in [3.05, 3.63) is 82.3 Å². The summed E-state index contributed by atoms with van der Waals surface area (Å²) < 4.78 is 28.0. The second kappa shape index (κ2) is 6.92. The molecule has 3 heterocycles. The van der Waals surface area contributed by atoms with Gasteiger partial charge in [0.2, 0.25) is 10.0 Å². The average Bonchev–Trinajstić information content (AvgIpc) is 3.17. The van der Waals surface area contributed by atoms with Gasteiger partial charge in [-0.3, -0.25) is 4.98 Å². The fourth-order valence-electron chi connectivity index (χ4n) is 3.35. The third-order valence-electron chi connectivity index (χ3n) is 4.61. The van der Waals surface area contributed by atoms with E-state index < -0.39 is 22.2 Å². The molecule has 1 N–H and O–H groups in total. The highest BCUT2D eigenvalue weighted by molar-refractivity contribution is 7.89. The highest BCUT2D eigenvalue weighted by atomic mass is 32.2. The van der Waals surface area contributed by atoms with Gasteiger partial charge in [-0.25, -0.2) is 8.42 Å². The molecule has 3 aromatic rings. The van der Waals surface area contributed by atoms with E-state index in [0.29, 0.717) is 12.0 Å². The van der Waals surface area contributed by atoms with Gasteiger partial charge in [-0.15, -0.1) is 11.3 Å². The van der Waals surface area contributed by atoms with Crippen molar-refractivity contribution in [1.29, 1.82) is 0 Å². The van der Waals surface area contributed by atoms with Gasteiger partial charge in [0.15, 0.2) is 0 Å². The van der Waals surface area contributed by atoms with Crippen LogP contribution in [0.1, 0.15) is 22.1 Å². The zero-order valence-electron chi connectivity index (χ0n) is 13.9. The van der Waals surface area contributed by atoms with Crippen molar-refractivity contribution in [3.8, 4) is 0 Å². The Morgan fingerprint density at radius 2 is 1.96 bits per heavy atom. The molecule has 0 unspecified atom stereocenters. The second-order valence-corrected chi connectivity index (χ2v) is 9.14. The molecule has 7 heteroatoms. The summed E-state index contributed by atoms with van der Waals surface area (Å²) in [5.41, 5.74) is 1.26. The van der Waals surface area contributed by atoms with Crippen molar-refractivity contribution in [1.82, 2.24) is 9.29 Å². The monoisotopic (exact) mass is 386 g/mol. The maximum absolute atomic E-state index is 13.3. The topological polar surface area (TPSA) is 70.5 Å². The molecule has 0 spiro atoms. The van der Waals surface area contributed by atoms with Crippen molar-refractivity contribution < 1.29 is 13.5 Å². The molecule has 1 aliphatic rings. The van der Waals surface area contributed by atoms with Gasteiger partial charge in [0.25, 0.3) is 0 Å². The summed E-state index contributed by atoms with van der Waals surface area (Å²) in [6.07, 6.45) is 2.90. The molecule has 0 radical (unpaired) electrons. The van der Waals surface area contributed by atoms with E-state index in [-0.39, 0.29) is 11.4 Å². The fraction of sp³-hybridized carbons (Fsp3) is 0.211. The van der Waals surface area contributed by atoms with Gasteiger partial charge in [-0.2, -0.15) is 4.31 Å². The van der Waals surface area contributed by atoms with E-state index >= 15 is 0 Å². The molecule has 134 valence electrons. The van der Waals surface area contributed by atoms with Crippen molar-refractivity contribution in [2.75, 3.05) is 0 Å². The fourth-order valence-corrected chi connectivity index (χ4v) is 5.96. The highest BCUT2D eigenvalue weighted by Gasteiger charge is 2.43. The molecule has 0 saturated carbocycles. The molecule has 1 aliphatic heterocycles. The number of hydrogen-bond donors (Lipinski definition) is 1. The molecular weight excluding hydrogens is 368 g/mol. The first kappa shape index (κ1) is 17.4. The molecule has 0 fully saturated rings. The van der Waals surface area contributed by atoms with Crippen LogP contribution in [-0.2, 0) is 23.0 Å². The first-order valence-electron chi connectivity index (χ1n) is 8.27. The standard InChI is InChI=1S/C19H18N2O3S2/c22-19-16-7-1-2-8-18(16)26(23,24)21(13-14-5-3-9-20-12-14)17(19)11-15-6-4-10-25-15/h1-10,12,17,19,22H,11,13H2/t17-,19+/m0/s1. The van der Waals surface area contributed by atoms with Crippen molar-refractivity contribution in [2.24, 2.45) is 0 Å². The molecule has 5 nitrogen and oxygen atoms in total. The number of sulfonamides is 1.